The average molecular weight is 363 g/mol. The molecule has 0 radical (unpaired) electrons. The van der Waals surface area contributed by atoms with E-state index in [9.17, 15) is 4.79 Å². The maximum absolute atomic E-state index is 11.2. The molecule has 3 rings (SSSR count). The molecule has 7 heteroatoms. The highest BCUT2D eigenvalue weighted by atomic mass is 32.1. The number of ether oxygens (including phenoxy) is 2. The molecule has 0 aliphatic rings. The van der Waals surface area contributed by atoms with Crippen molar-refractivity contribution in [1.29, 1.82) is 0 Å². The fraction of sp³-hybridized carbons (Fsp3) is 0.0526. The molecule has 1 aromatic heterocycles. The van der Waals surface area contributed by atoms with Crippen LogP contribution in [0.1, 0.15) is 0 Å². The van der Waals surface area contributed by atoms with Gasteiger partial charge in [-0.25, -0.2) is 0 Å². The smallest absolute Gasteiger partial charge is 0.292 e. The van der Waals surface area contributed by atoms with Gasteiger partial charge in [-0.1, -0.05) is 18.2 Å². The Bertz CT molecular complexity index is 923. The normalized spacial score (nSPS) is 9.85. The van der Waals surface area contributed by atoms with E-state index in [0.717, 1.165) is 17.1 Å². The second kappa shape index (κ2) is 8.62. The van der Waals surface area contributed by atoms with Gasteiger partial charge in [-0.15, -0.1) is 10.2 Å². The first-order valence-electron chi connectivity index (χ1n) is 7.65. The number of carbonyl (C=O) groups is 1. The number of thiocarbonyl (C=S) groups is 1. The number of benzene rings is 2. The van der Waals surface area contributed by atoms with Gasteiger partial charge < -0.3 is 9.47 Å². The van der Waals surface area contributed by atoms with Crippen LogP contribution in [0.15, 0.2) is 71.7 Å². The van der Waals surface area contributed by atoms with Gasteiger partial charge in [-0.2, -0.15) is 4.99 Å². The van der Waals surface area contributed by atoms with Gasteiger partial charge in [-0.3, -0.25) is 4.79 Å². The molecule has 0 saturated carbocycles. The lowest BCUT2D eigenvalue weighted by molar-refractivity contribution is -0.119. The number of hydrogen-bond acceptors (Lipinski definition) is 6. The van der Waals surface area contributed by atoms with Gasteiger partial charge in [0.15, 0.2) is 6.61 Å². The Morgan fingerprint density at radius 3 is 2.35 bits per heavy atom. The van der Waals surface area contributed by atoms with Gasteiger partial charge >= 0.3 is 0 Å². The molecule has 0 unspecified atom stereocenters. The largest absolute Gasteiger partial charge is 0.466 e. The molecular formula is C19H13N3O3S. The first-order valence-corrected chi connectivity index (χ1v) is 8.06. The third kappa shape index (κ3) is 4.80. The summed E-state index contributed by atoms with van der Waals surface area (Å²) in [5, 5.41) is 10.0. The highest BCUT2D eigenvalue weighted by Crippen LogP contribution is 2.25. The van der Waals surface area contributed by atoms with Crippen LogP contribution in [-0.2, 0) is 4.79 Å². The van der Waals surface area contributed by atoms with Gasteiger partial charge in [0.25, 0.3) is 5.91 Å². The van der Waals surface area contributed by atoms with Crippen LogP contribution < -0.4 is 9.47 Å². The monoisotopic (exact) mass is 363 g/mol. The Morgan fingerprint density at radius 2 is 1.69 bits per heavy atom. The summed E-state index contributed by atoms with van der Waals surface area (Å²) in [6.07, 6.45) is 0. The molecule has 0 aliphatic carbocycles. The number of aliphatic imine (C=N–C) groups is 1. The van der Waals surface area contributed by atoms with E-state index < -0.39 is 5.91 Å². The lowest BCUT2D eigenvalue weighted by Gasteiger charge is -2.07. The molecule has 0 aliphatic heterocycles. The zero-order valence-corrected chi connectivity index (χ0v) is 14.3. The second-order valence-electron chi connectivity index (χ2n) is 5.08. The molecule has 26 heavy (non-hydrogen) atoms. The summed E-state index contributed by atoms with van der Waals surface area (Å²) >= 11 is 4.35. The Hall–Kier alpha value is -3.41. The fourth-order valence-electron chi connectivity index (χ4n) is 2.09. The first kappa shape index (κ1) is 17.4. The van der Waals surface area contributed by atoms with E-state index in [-0.39, 0.29) is 12.5 Å². The Balaban J connectivity index is 1.63. The summed E-state index contributed by atoms with van der Waals surface area (Å²) in [6, 6.07) is 20.4. The molecule has 0 N–H and O–H groups in total. The highest BCUT2D eigenvalue weighted by Gasteiger charge is 2.05. The molecule has 3 aromatic rings. The molecule has 0 fully saturated rings. The van der Waals surface area contributed by atoms with E-state index in [2.05, 4.69) is 27.4 Å². The molecule has 0 saturated heterocycles. The van der Waals surface area contributed by atoms with Crippen molar-refractivity contribution < 1.29 is 14.3 Å². The number of para-hydroxylation sites is 1. The summed E-state index contributed by atoms with van der Waals surface area (Å²) in [6.45, 7) is -0.261. The molecule has 0 spiro atoms. The van der Waals surface area contributed by atoms with Gasteiger partial charge in [-0.05, 0) is 54.7 Å². The molecule has 0 atom stereocenters. The maximum Gasteiger partial charge on any atom is 0.292 e. The first-order chi connectivity index (χ1) is 12.7. The van der Waals surface area contributed by atoms with Crippen LogP contribution in [0.3, 0.4) is 0 Å². The van der Waals surface area contributed by atoms with E-state index in [1.54, 1.807) is 12.1 Å². The molecule has 1 amide bonds. The lowest BCUT2D eigenvalue weighted by atomic mass is 10.1. The molecular weight excluding hydrogens is 350 g/mol. The average Bonchev–Trinajstić information content (AvgIpc) is 2.69. The Labute approximate surface area is 155 Å². The second-order valence-corrected chi connectivity index (χ2v) is 5.26. The predicted molar refractivity (Wildman–Crippen MR) is 99.5 cm³/mol. The lowest BCUT2D eigenvalue weighted by Crippen LogP contribution is -2.09. The van der Waals surface area contributed by atoms with Gasteiger partial charge in [0.05, 0.1) is 10.9 Å². The van der Waals surface area contributed by atoms with E-state index in [1.165, 1.54) is 0 Å². The molecule has 128 valence electrons. The van der Waals surface area contributed by atoms with Crippen LogP contribution in [0.5, 0.6) is 17.4 Å². The van der Waals surface area contributed by atoms with Crippen molar-refractivity contribution in [1.82, 2.24) is 10.2 Å². The zero-order chi connectivity index (χ0) is 18.2. The van der Waals surface area contributed by atoms with Crippen molar-refractivity contribution in [2.75, 3.05) is 6.61 Å². The summed E-state index contributed by atoms with van der Waals surface area (Å²) in [5.74, 6) is 1.20. The number of aromatic nitrogens is 2. The van der Waals surface area contributed by atoms with Crippen LogP contribution in [0.4, 0.5) is 0 Å². The summed E-state index contributed by atoms with van der Waals surface area (Å²) in [5.41, 5.74) is 1.55. The van der Waals surface area contributed by atoms with E-state index in [0.29, 0.717) is 5.69 Å². The SMILES string of the molecule is O=C(COc1ccc(-c2ccc(Oc3ccccc3)cc2)nn1)N=C=S. The molecule has 0 bridgehead atoms. The predicted octanol–water partition coefficient (Wildman–Crippen LogP) is 3.94. The maximum atomic E-state index is 11.2. The topological polar surface area (TPSA) is 73.7 Å². The molecule has 6 nitrogen and oxygen atoms in total. The number of amides is 1. The minimum absolute atomic E-state index is 0.227. The van der Waals surface area contributed by atoms with Crippen LogP contribution in [0, 0.1) is 0 Å². The van der Waals surface area contributed by atoms with Gasteiger partial charge in [0.1, 0.15) is 11.5 Å². The van der Waals surface area contributed by atoms with E-state index >= 15 is 0 Å². The van der Waals surface area contributed by atoms with Gasteiger partial charge in [0.2, 0.25) is 5.88 Å². The van der Waals surface area contributed by atoms with Crippen molar-refractivity contribution in [2.24, 2.45) is 4.99 Å². The number of nitrogens with zero attached hydrogens (tertiary/aromatic N) is 3. The third-order valence-corrected chi connectivity index (χ3v) is 3.37. The number of hydrogen-bond donors (Lipinski definition) is 0. The molecule has 2 aromatic carbocycles. The van der Waals surface area contributed by atoms with Crippen molar-refractivity contribution in [3.63, 3.8) is 0 Å². The Kier molecular flexibility index (Phi) is 5.77. The van der Waals surface area contributed by atoms with Crippen molar-refractivity contribution in [3.8, 4) is 28.6 Å². The zero-order valence-electron chi connectivity index (χ0n) is 13.5. The van der Waals surface area contributed by atoms with Crippen molar-refractivity contribution in [2.45, 2.75) is 0 Å². The number of rotatable bonds is 6. The minimum Gasteiger partial charge on any atom is -0.466 e. The van der Waals surface area contributed by atoms with Crippen LogP contribution in [-0.4, -0.2) is 27.9 Å². The minimum atomic E-state index is -0.528. The highest BCUT2D eigenvalue weighted by molar-refractivity contribution is 7.78. The van der Waals surface area contributed by atoms with Crippen LogP contribution >= 0.6 is 12.2 Å². The van der Waals surface area contributed by atoms with Crippen molar-refractivity contribution >= 4 is 23.3 Å². The Morgan fingerprint density at radius 1 is 0.962 bits per heavy atom. The summed E-state index contributed by atoms with van der Waals surface area (Å²) < 4.78 is 10.9. The van der Waals surface area contributed by atoms with E-state index in [4.69, 9.17) is 9.47 Å². The summed E-state index contributed by atoms with van der Waals surface area (Å²) in [7, 11) is 0. The van der Waals surface area contributed by atoms with Crippen LogP contribution in [0.2, 0.25) is 0 Å². The number of isothiocyanates is 1. The summed E-state index contributed by atoms with van der Waals surface area (Å²) in [4.78, 5) is 14.5. The van der Waals surface area contributed by atoms with Crippen molar-refractivity contribution in [3.05, 3.63) is 66.7 Å². The van der Waals surface area contributed by atoms with E-state index in [1.807, 2.05) is 59.8 Å². The number of carbonyl (C=O) groups excluding carboxylic acids is 1. The van der Waals surface area contributed by atoms with Crippen LogP contribution in [0.25, 0.3) is 11.3 Å². The quantitative estimate of drug-likeness (QED) is 0.488. The fourth-order valence-corrected chi connectivity index (χ4v) is 2.19. The molecule has 1 heterocycles. The standard InChI is InChI=1S/C19H13N3O3S/c23-18(20-13-26)12-24-19-11-10-17(21-22-19)14-6-8-16(9-7-14)25-15-4-2-1-3-5-15/h1-11H,12H2. The third-order valence-electron chi connectivity index (χ3n) is 3.28. The van der Waals surface area contributed by atoms with Gasteiger partial charge in [0, 0.05) is 11.6 Å².